The second kappa shape index (κ2) is 16.1. The second-order valence-corrected chi connectivity index (χ2v) is 3.85. The number of carbonyl (C=O) groups is 1. The van der Waals surface area contributed by atoms with Crippen molar-refractivity contribution in [3.63, 3.8) is 0 Å². The molecule has 0 aliphatic heterocycles. The van der Waals surface area contributed by atoms with E-state index >= 15 is 0 Å². The third kappa shape index (κ3) is 12.0. The lowest BCUT2D eigenvalue weighted by Gasteiger charge is -1.97. The van der Waals surface area contributed by atoms with Crippen molar-refractivity contribution in [2.45, 2.75) is 35.2 Å². The first-order valence-electron chi connectivity index (χ1n) is 6.39. The van der Waals surface area contributed by atoms with E-state index in [0.717, 1.165) is 24.2 Å². The Labute approximate surface area is 139 Å². The van der Waals surface area contributed by atoms with Gasteiger partial charge in [0, 0.05) is 36.9 Å². The van der Waals surface area contributed by atoms with Gasteiger partial charge in [0.15, 0.2) is 6.29 Å². The molecule has 130 valence electrons. The molecule has 23 heavy (non-hydrogen) atoms. The Kier molecular flexibility index (Phi) is 18.0. The average molecular weight is 322 g/mol. The molecule has 0 saturated carbocycles. The first-order chi connectivity index (χ1) is 10.2. The quantitative estimate of drug-likeness (QED) is 0.832. The summed E-state index contributed by atoms with van der Waals surface area (Å²) in [7, 11) is 3.40. The zero-order chi connectivity index (χ0) is 16.1. The van der Waals surface area contributed by atoms with E-state index in [0.29, 0.717) is 11.4 Å². The summed E-state index contributed by atoms with van der Waals surface area (Å²) in [6.07, 6.45) is 7.38. The maximum atomic E-state index is 10.0. The van der Waals surface area contributed by atoms with Crippen molar-refractivity contribution in [2.75, 3.05) is 14.1 Å². The van der Waals surface area contributed by atoms with E-state index in [2.05, 4.69) is 31.0 Å². The standard InChI is InChI=1S/C7H11N3.C6H6N2O.CH5N.2CH4/c1-6-9-4-7(3-8-2)5-10-6;1-5-7-2-6(4-9)3-8-5;1-2;;/h4-5,8H,3H2,1-2H3;2-4H,1H3;2H2,1H3;2*1H4. The van der Waals surface area contributed by atoms with Gasteiger partial charge in [0.25, 0.3) is 0 Å². The highest BCUT2D eigenvalue weighted by molar-refractivity contribution is 5.73. The predicted octanol–water partition coefficient (Wildman–Crippen LogP) is 1.95. The van der Waals surface area contributed by atoms with E-state index in [9.17, 15) is 4.79 Å². The number of aromatic nitrogens is 4. The maximum Gasteiger partial charge on any atom is 0.153 e. The molecule has 3 N–H and O–H groups in total. The lowest BCUT2D eigenvalue weighted by atomic mass is 10.3. The molecule has 7 nitrogen and oxygen atoms in total. The van der Waals surface area contributed by atoms with E-state index in [1.165, 1.54) is 19.4 Å². The highest BCUT2D eigenvalue weighted by atomic mass is 16.1. The molecule has 0 bridgehead atoms. The minimum absolute atomic E-state index is 0. The molecule has 0 aliphatic carbocycles. The van der Waals surface area contributed by atoms with Gasteiger partial charge in [0.05, 0.1) is 5.56 Å². The Morgan fingerprint density at radius 3 is 1.70 bits per heavy atom. The van der Waals surface area contributed by atoms with Crippen molar-refractivity contribution in [3.05, 3.63) is 47.6 Å². The Hall–Kier alpha value is -2.25. The van der Waals surface area contributed by atoms with Crippen molar-refractivity contribution in [1.29, 1.82) is 0 Å². The summed E-state index contributed by atoms with van der Waals surface area (Å²) in [5.74, 6) is 1.50. The molecule has 2 aromatic rings. The SMILES string of the molecule is C.C.CN.CNCc1cnc(C)nc1.Cc1ncc(C=O)cn1. The molecule has 2 heterocycles. The Balaban J connectivity index is -0.000000292. The number of aldehydes is 1. The zero-order valence-electron chi connectivity index (χ0n) is 12.9. The van der Waals surface area contributed by atoms with Gasteiger partial charge in [-0.15, -0.1) is 0 Å². The van der Waals surface area contributed by atoms with Crippen LogP contribution in [0.5, 0.6) is 0 Å². The lowest BCUT2D eigenvalue weighted by Crippen LogP contribution is -2.05. The van der Waals surface area contributed by atoms with Gasteiger partial charge in [0.2, 0.25) is 0 Å². The smallest absolute Gasteiger partial charge is 0.153 e. The number of aryl methyl sites for hydroxylation is 2. The fourth-order valence-electron chi connectivity index (χ4n) is 1.18. The van der Waals surface area contributed by atoms with E-state index in [-0.39, 0.29) is 14.9 Å². The molecule has 0 unspecified atom stereocenters. The molecular weight excluding hydrogens is 292 g/mol. The number of nitrogens with zero attached hydrogens (tertiary/aromatic N) is 4. The summed E-state index contributed by atoms with van der Waals surface area (Å²) < 4.78 is 0. The first-order valence-corrected chi connectivity index (χ1v) is 6.39. The second-order valence-electron chi connectivity index (χ2n) is 3.85. The van der Waals surface area contributed by atoms with Crippen LogP contribution in [-0.2, 0) is 6.54 Å². The van der Waals surface area contributed by atoms with E-state index in [1.54, 1.807) is 6.92 Å². The Bertz CT molecular complexity index is 499. The molecule has 2 aromatic heterocycles. The van der Waals surface area contributed by atoms with E-state index in [4.69, 9.17) is 0 Å². The molecule has 2 rings (SSSR count). The Morgan fingerprint density at radius 1 is 0.957 bits per heavy atom. The topological polar surface area (TPSA) is 107 Å². The van der Waals surface area contributed by atoms with Crippen LogP contribution >= 0.6 is 0 Å². The summed E-state index contributed by atoms with van der Waals surface area (Å²) in [5, 5.41) is 3.02. The van der Waals surface area contributed by atoms with Crippen LogP contribution in [0.25, 0.3) is 0 Å². The van der Waals surface area contributed by atoms with Crippen LogP contribution in [0.1, 0.15) is 42.4 Å². The van der Waals surface area contributed by atoms with Gasteiger partial charge in [-0.3, -0.25) is 4.79 Å². The number of hydrogen-bond acceptors (Lipinski definition) is 7. The summed E-state index contributed by atoms with van der Waals surface area (Å²) >= 11 is 0. The molecular formula is C16H30N6O. The molecule has 0 aliphatic rings. The number of nitrogens with one attached hydrogen (secondary N) is 1. The molecule has 7 heteroatoms. The molecule has 0 fully saturated rings. The minimum Gasteiger partial charge on any atom is -0.333 e. The number of carbonyl (C=O) groups excluding carboxylic acids is 1. The summed E-state index contributed by atoms with van der Waals surface area (Å²) in [6.45, 7) is 4.48. The van der Waals surface area contributed by atoms with Crippen LogP contribution in [0.3, 0.4) is 0 Å². The largest absolute Gasteiger partial charge is 0.333 e. The van der Waals surface area contributed by atoms with Crippen molar-refractivity contribution >= 4 is 6.29 Å². The van der Waals surface area contributed by atoms with Crippen molar-refractivity contribution in [1.82, 2.24) is 25.3 Å². The molecule has 0 amide bonds. The van der Waals surface area contributed by atoms with Crippen LogP contribution in [0.15, 0.2) is 24.8 Å². The lowest BCUT2D eigenvalue weighted by molar-refractivity contribution is 0.112. The zero-order valence-corrected chi connectivity index (χ0v) is 12.9. The maximum absolute atomic E-state index is 10.0. The Morgan fingerprint density at radius 2 is 1.35 bits per heavy atom. The van der Waals surface area contributed by atoms with Crippen molar-refractivity contribution < 1.29 is 4.79 Å². The normalized spacial score (nSPS) is 8.04. The minimum atomic E-state index is 0. The van der Waals surface area contributed by atoms with Gasteiger partial charge in [-0.2, -0.15) is 0 Å². The van der Waals surface area contributed by atoms with E-state index < -0.39 is 0 Å². The van der Waals surface area contributed by atoms with Gasteiger partial charge in [-0.1, -0.05) is 14.9 Å². The molecule has 0 saturated heterocycles. The predicted molar refractivity (Wildman–Crippen MR) is 95.3 cm³/mol. The third-order valence-corrected chi connectivity index (χ3v) is 2.15. The highest BCUT2D eigenvalue weighted by Crippen LogP contribution is 1.93. The third-order valence-electron chi connectivity index (χ3n) is 2.15. The summed E-state index contributed by atoms with van der Waals surface area (Å²) in [6, 6.07) is 0. The van der Waals surface area contributed by atoms with Crippen LogP contribution < -0.4 is 11.1 Å². The van der Waals surface area contributed by atoms with Gasteiger partial charge in [-0.25, -0.2) is 19.9 Å². The van der Waals surface area contributed by atoms with Gasteiger partial charge >= 0.3 is 0 Å². The van der Waals surface area contributed by atoms with E-state index in [1.807, 2.05) is 26.4 Å². The number of hydrogen-bond donors (Lipinski definition) is 2. The van der Waals surface area contributed by atoms with Crippen molar-refractivity contribution in [2.24, 2.45) is 5.73 Å². The van der Waals surface area contributed by atoms with Crippen LogP contribution in [0.4, 0.5) is 0 Å². The fraction of sp³-hybridized carbons (Fsp3) is 0.438. The highest BCUT2D eigenvalue weighted by Gasteiger charge is 1.90. The van der Waals surface area contributed by atoms with Gasteiger partial charge < -0.3 is 11.1 Å². The van der Waals surface area contributed by atoms with Gasteiger partial charge in [0.1, 0.15) is 11.6 Å². The summed E-state index contributed by atoms with van der Waals surface area (Å²) in [4.78, 5) is 25.7. The number of rotatable bonds is 3. The summed E-state index contributed by atoms with van der Waals surface area (Å²) in [5.41, 5.74) is 6.13. The molecule has 0 aromatic carbocycles. The number of nitrogens with two attached hydrogens (primary N) is 1. The molecule has 0 atom stereocenters. The first kappa shape index (κ1) is 25.7. The molecule has 0 spiro atoms. The van der Waals surface area contributed by atoms with Crippen LogP contribution in [0, 0.1) is 13.8 Å². The fourth-order valence-corrected chi connectivity index (χ4v) is 1.18. The van der Waals surface area contributed by atoms with Gasteiger partial charge in [-0.05, 0) is 27.9 Å². The van der Waals surface area contributed by atoms with Crippen molar-refractivity contribution in [3.8, 4) is 0 Å². The van der Waals surface area contributed by atoms with Crippen LogP contribution in [-0.4, -0.2) is 40.3 Å². The van der Waals surface area contributed by atoms with Crippen LogP contribution in [0.2, 0.25) is 0 Å². The molecule has 0 radical (unpaired) electrons. The average Bonchev–Trinajstić information content (AvgIpc) is 2.53. The monoisotopic (exact) mass is 322 g/mol.